The van der Waals surface area contributed by atoms with Gasteiger partial charge in [0.15, 0.2) is 0 Å². The molecule has 0 aromatic heterocycles. The van der Waals surface area contributed by atoms with Crippen LogP contribution in [0.4, 0.5) is 0 Å². The van der Waals surface area contributed by atoms with Gasteiger partial charge in [-0.1, -0.05) is 60.7 Å². The molecule has 0 saturated heterocycles. The van der Waals surface area contributed by atoms with Crippen molar-refractivity contribution in [2.45, 2.75) is 13.1 Å². The molecule has 0 heterocycles. The highest BCUT2D eigenvalue weighted by Gasteiger charge is 2.27. The van der Waals surface area contributed by atoms with Gasteiger partial charge in [0.2, 0.25) is 6.67 Å². The highest BCUT2D eigenvalue weighted by molar-refractivity contribution is 5.14. The molecule has 0 N–H and O–H groups in total. The van der Waals surface area contributed by atoms with Crippen LogP contribution in [0.15, 0.2) is 60.7 Å². The summed E-state index contributed by atoms with van der Waals surface area (Å²) in [6.07, 6.45) is 0. The molecule has 0 bridgehead atoms. The van der Waals surface area contributed by atoms with E-state index in [9.17, 15) is 0 Å². The Kier molecular flexibility index (Phi) is 4.81. The van der Waals surface area contributed by atoms with E-state index >= 15 is 0 Å². The average molecular weight is 284 g/mol. The van der Waals surface area contributed by atoms with Gasteiger partial charge in [0.05, 0.1) is 28.2 Å². The molecule has 2 aromatic carbocycles. The minimum Gasteiger partial charge on any atom is -0.278 e. The second-order valence-corrected chi connectivity index (χ2v) is 7.30. The topological polar surface area (TPSA) is 0 Å². The first-order chi connectivity index (χ1) is 9.86. The van der Waals surface area contributed by atoms with Gasteiger partial charge in [-0.15, -0.1) is 0 Å². The first-order valence-electron chi connectivity index (χ1n) is 7.58. The third-order valence-corrected chi connectivity index (χ3v) is 3.67. The van der Waals surface area contributed by atoms with E-state index in [0.29, 0.717) is 0 Å². The monoisotopic (exact) mass is 284 g/mol. The fourth-order valence-electron chi connectivity index (χ4n) is 3.29. The first-order valence-corrected chi connectivity index (χ1v) is 7.58. The van der Waals surface area contributed by atoms with E-state index in [4.69, 9.17) is 0 Å². The van der Waals surface area contributed by atoms with Gasteiger partial charge in [-0.3, -0.25) is 8.97 Å². The van der Waals surface area contributed by atoms with Crippen LogP contribution in [-0.2, 0) is 13.1 Å². The van der Waals surface area contributed by atoms with E-state index in [-0.39, 0.29) is 0 Å². The average Bonchev–Trinajstić information content (AvgIpc) is 2.38. The maximum absolute atomic E-state index is 2.32. The molecule has 0 saturated carbocycles. The lowest BCUT2D eigenvalue weighted by Gasteiger charge is -2.38. The Bertz CT molecular complexity index is 493. The molecule has 112 valence electrons. The molecule has 2 rings (SSSR count). The van der Waals surface area contributed by atoms with Crippen LogP contribution in [0, 0.1) is 0 Å². The van der Waals surface area contributed by atoms with E-state index in [1.165, 1.54) is 11.1 Å². The summed E-state index contributed by atoms with van der Waals surface area (Å²) in [5.41, 5.74) is 2.81. The van der Waals surface area contributed by atoms with Crippen molar-refractivity contribution in [3.05, 3.63) is 71.8 Å². The lowest BCUT2D eigenvalue weighted by molar-refractivity contribution is -1.08. The van der Waals surface area contributed by atoms with E-state index in [1.54, 1.807) is 0 Å². The van der Waals surface area contributed by atoms with Crippen LogP contribution in [0.25, 0.3) is 0 Å². The van der Waals surface area contributed by atoms with Gasteiger partial charge in [0, 0.05) is 11.1 Å². The van der Waals surface area contributed by atoms with Gasteiger partial charge >= 0.3 is 0 Å². The second kappa shape index (κ2) is 6.42. The molecule has 0 fully saturated rings. The zero-order chi connectivity index (χ0) is 15.3. The molecule has 2 aromatic rings. The van der Waals surface area contributed by atoms with Gasteiger partial charge in [-0.25, -0.2) is 0 Å². The van der Waals surface area contributed by atoms with Crippen molar-refractivity contribution in [1.29, 1.82) is 0 Å². The Labute approximate surface area is 129 Å². The number of hydrogen-bond donors (Lipinski definition) is 0. The van der Waals surface area contributed by atoms with Crippen LogP contribution in [0.2, 0.25) is 0 Å². The van der Waals surface area contributed by atoms with Crippen molar-refractivity contribution in [3.63, 3.8) is 0 Å². The van der Waals surface area contributed by atoms with Crippen LogP contribution in [-0.4, -0.2) is 43.8 Å². The summed E-state index contributed by atoms with van der Waals surface area (Å²) in [7, 11) is 9.27. The van der Waals surface area contributed by atoms with E-state index in [1.807, 2.05) is 0 Å². The van der Waals surface area contributed by atoms with Crippen molar-refractivity contribution in [2.24, 2.45) is 0 Å². The Morgan fingerprint density at radius 1 is 0.571 bits per heavy atom. The molecule has 0 unspecified atom stereocenters. The molecular weight excluding hydrogens is 256 g/mol. The molecule has 2 nitrogen and oxygen atoms in total. The van der Waals surface area contributed by atoms with Gasteiger partial charge in [-0.05, 0) is 0 Å². The number of hydrogen-bond acceptors (Lipinski definition) is 0. The molecule has 2 heteroatoms. The predicted molar refractivity (Wildman–Crippen MR) is 89.4 cm³/mol. The summed E-state index contributed by atoms with van der Waals surface area (Å²) >= 11 is 0. The lowest BCUT2D eigenvalue weighted by atomic mass is 10.2. The summed E-state index contributed by atoms with van der Waals surface area (Å²) in [5.74, 6) is 0. The number of rotatable bonds is 6. The van der Waals surface area contributed by atoms with Crippen LogP contribution >= 0.6 is 0 Å². The van der Waals surface area contributed by atoms with Gasteiger partial charge < -0.3 is 0 Å². The van der Waals surface area contributed by atoms with Crippen molar-refractivity contribution >= 4 is 0 Å². The highest BCUT2D eigenvalue weighted by Crippen LogP contribution is 2.16. The van der Waals surface area contributed by atoms with Gasteiger partial charge in [-0.2, -0.15) is 0 Å². The molecule has 21 heavy (non-hydrogen) atoms. The largest absolute Gasteiger partial charge is 0.278 e. The standard InChI is InChI=1S/C19H28N2/c1-20(2,15-18-11-7-5-8-12-18)17-21(3,4)16-19-13-9-6-10-14-19/h5-14H,15-17H2,1-4H3/q+2. The summed E-state index contributed by atoms with van der Waals surface area (Å²) in [4.78, 5) is 0. The van der Waals surface area contributed by atoms with Crippen LogP contribution in [0.1, 0.15) is 11.1 Å². The molecule has 0 aliphatic heterocycles. The fraction of sp³-hybridized carbons (Fsp3) is 0.368. The summed E-state index contributed by atoms with van der Waals surface area (Å²) in [6, 6.07) is 21.5. The van der Waals surface area contributed by atoms with Crippen molar-refractivity contribution < 1.29 is 8.97 Å². The zero-order valence-electron chi connectivity index (χ0n) is 13.8. The zero-order valence-corrected chi connectivity index (χ0v) is 13.8. The number of quaternary nitrogens is 2. The van der Waals surface area contributed by atoms with Crippen molar-refractivity contribution in [1.82, 2.24) is 0 Å². The third kappa shape index (κ3) is 5.33. The highest BCUT2D eigenvalue weighted by atomic mass is 15.5. The van der Waals surface area contributed by atoms with Crippen molar-refractivity contribution in [2.75, 3.05) is 34.9 Å². The van der Waals surface area contributed by atoms with Crippen LogP contribution in [0.5, 0.6) is 0 Å². The van der Waals surface area contributed by atoms with E-state index in [0.717, 1.165) is 28.7 Å². The SMILES string of the molecule is C[N+](C)(Cc1ccccc1)C[N+](C)(C)Cc1ccccc1. The molecular formula is C19H28N2+2. The predicted octanol–water partition coefficient (Wildman–Crippen LogP) is 3.50. The molecule has 0 amide bonds. The van der Waals surface area contributed by atoms with Gasteiger partial charge in [0.1, 0.15) is 13.1 Å². The van der Waals surface area contributed by atoms with Gasteiger partial charge in [0.25, 0.3) is 0 Å². The minimum atomic E-state index is 0.990. The summed E-state index contributed by atoms with van der Waals surface area (Å²) < 4.78 is 1.98. The molecule has 0 aliphatic carbocycles. The van der Waals surface area contributed by atoms with Crippen LogP contribution < -0.4 is 0 Å². The second-order valence-electron chi connectivity index (χ2n) is 7.30. The van der Waals surface area contributed by atoms with E-state index in [2.05, 4.69) is 88.9 Å². The molecule has 0 spiro atoms. The lowest BCUT2D eigenvalue weighted by Crippen LogP contribution is -2.54. The number of benzene rings is 2. The Morgan fingerprint density at radius 3 is 1.24 bits per heavy atom. The fourth-order valence-corrected chi connectivity index (χ4v) is 3.29. The smallest absolute Gasteiger partial charge is 0.207 e. The Morgan fingerprint density at radius 2 is 0.905 bits per heavy atom. The minimum absolute atomic E-state index is 0.990. The maximum Gasteiger partial charge on any atom is 0.207 e. The van der Waals surface area contributed by atoms with Crippen LogP contribution in [0.3, 0.4) is 0 Å². The quantitative estimate of drug-likeness (QED) is 0.562. The molecule has 0 radical (unpaired) electrons. The van der Waals surface area contributed by atoms with E-state index < -0.39 is 0 Å². The first kappa shape index (κ1) is 15.7. The molecule has 0 atom stereocenters. The maximum atomic E-state index is 2.32. The van der Waals surface area contributed by atoms with Crippen molar-refractivity contribution in [3.8, 4) is 0 Å². The Hall–Kier alpha value is -1.64. The normalized spacial score (nSPS) is 12.4. The number of nitrogens with zero attached hydrogens (tertiary/aromatic N) is 2. The summed E-state index contributed by atoms with van der Waals surface area (Å²) in [5, 5.41) is 0. The third-order valence-electron chi connectivity index (χ3n) is 3.67. The summed E-state index contributed by atoms with van der Waals surface area (Å²) in [6.45, 7) is 3.23. The Balaban J connectivity index is 2.01. The molecule has 0 aliphatic rings.